The molecule has 0 spiro atoms. The summed E-state index contributed by atoms with van der Waals surface area (Å²) >= 11 is 0. The van der Waals surface area contributed by atoms with Crippen molar-refractivity contribution in [1.29, 1.82) is 0 Å². The van der Waals surface area contributed by atoms with Crippen molar-refractivity contribution in [2.45, 2.75) is 38.6 Å². The Morgan fingerprint density at radius 1 is 1.40 bits per heavy atom. The predicted molar refractivity (Wildman–Crippen MR) is 76.0 cm³/mol. The number of aliphatic carboxylic acids is 1. The number of piperidine rings is 2. The molecule has 0 radical (unpaired) electrons. The van der Waals surface area contributed by atoms with Crippen LogP contribution < -0.4 is 5.32 Å². The maximum Gasteiger partial charge on any atom is 0.300 e. The second kappa shape index (κ2) is 6.84. The van der Waals surface area contributed by atoms with Crippen LogP contribution in [-0.2, 0) is 11.2 Å². The van der Waals surface area contributed by atoms with Crippen molar-refractivity contribution in [2.75, 3.05) is 6.54 Å². The fourth-order valence-corrected chi connectivity index (χ4v) is 3.31. The minimum Gasteiger partial charge on any atom is -0.481 e. The van der Waals surface area contributed by atoms with Gasteiger partial charge >= 0.3 is 0 Å². The summed E-state index contributed by atoms with van der Waals surface area (Å²) < 4.78 is 13.6. The van der Waals surface area contributed by atoms with Gasteiger partial charge in [-0.05, 0) is 55.7 Å². The molecule has 3 nitrogen and oxygen atoms in total. The first-order valence-corrected chi connectivity index (χ1v) is 7.22. The molecule has 2 heterocycles. The first kappa shape index (κ1) is 15.0. The monoisotopic (exact) mass is 279 g/mol. The average Bonchev–Trinajstić information content (AvgIpc) is 2.42. The van der Waals surface area contributed by atoms with E-state index in [-0.39, 0.29) is 5.82 Å². The highest BCUT2D eigenvalue weighted by Gasteiger charge is 2.35. The molecule has 1 aliphatic carbocycles. The number of carboxylic acid groups (broad SMARTS) is 1. The molecule has 3 atom stereocenters. The molecule has 3 aliphatic rings. The summed E-state index contributed by atoms with van der Waals surface area (Å²) in [5.41, 5.74) is 0.891. The van der Waals surface area contributed by atoms with Gasteiger partial charge in [0.1, 0.15) is 5.82 Å². The fourth-order valence-electron chi connectivity index (χ4n) is 3.31. The van der Waals surface area contributed by atoms with Crippen molar-refractivity contribution in [2.24, 2.45) is 11.8 Å². The van der Waals surface area contributed by atoms with Gasteiger partial charge in [-0.2, -0.15) is 0 Å². The molecule has 110 valence electrons. The zero-order valence-corrected chi connectivity index (χ0v) is 11.8. The molecule has 1 aromatic rings. The van der Waals surface area contributed by atoms with Gasteiger partial charge in [0.25, 0.3) is 5.97 Å². The number of hydrogen-bond donors (Lipinski definition) is 2. The van der Waals surface area contributed by atoms with Gasteiger partial charge < -0.3 is 10.4 Å². The van der Waals surface area contributed by atoms with E-state index in [1.807, 2.05) is 12.1 Å². The SMILES string of the molecule is CC(=O)O.Fc1ccccc1CC1CC2CCC1NC2. The molecule has 0 aromatic heterocycles. The molecule has 4 heteroatoms. The van der Waals surface area contributed by atoms with Crippen molar-refractivity contribution < 1.29 is 14.3 Å². The molecular weight excluding hydrogens is 257 g/mol. The smallest absolute Gasteiger partial charge is 0.300 e. The molecule has 4 rings (SSSR count). The van der Waals surface area contributed by atoms with E-state index in [0.29, 0.717) is 12.0 Å². The molecule has 2 bridgehead atoms. The van der Waals surface area contributed by atoms with Crippen LogP contribution >= 0.6 is 0 Å². The molecule has 20 heavy (non-hydrogen) atoms. The van der Waals surface area contributed by atoms with Crippen molar-refractivity contribution in [3.8, 4) is 0 Å². The topological polar surface area (TPSA) is 49.3 Å². The van der Waals surface area contributed by atoms with E-state index in [2.05, 4.69) is 5.32 Å². The lowest BCUT2D eigenvalue weighted by Crippen LogP contribution is -2.50. The summed E-state index contributed by atoms with van der Waals surface area (Å²) in [5, 5.41) is 11.0. The second-order valence-corrected chi connectivity index (χ2v) is 5.77. The zero-order valence-electron chi connectivity index (χ0n) is 11.8. The van der Waals surface area contributed by atoms with E-state index in [1.165, 1.54) is 25.8 Å². The standard InChI is InChI=1S/C14H18FN.C2H4O2/c15-13-4-2-1-3-11(13)8-12-7-10-5-6-14(12)16-9-10;1-2(3)4/h1-4,10,12,14,16H,5-9H2;1H3,(H,3,4). The second-order valence-electron chi connectivity index (χ2n) is 5.77. The van der Waals surface area contributed by atoms with Crippen LogP contribution in [0.1, 0.15) is 31.7 Å². The van der Waals surface area contributed by atoms with Crippen LogP contribution in [0.15, 0.2) is 24.3 Å². The van der Waals surface area contributed by atoms with Crippen LogP contribution in [0.4, 0.5) is 4.39 Å². The number of carbonyl (C=O) groups is 1. The molecule has 0 amide bonds. The Labute approximate surface area is 119 Å². The molecule has 2 saturated heterocycles. The quantitative estimate of drug-likeness (QED) is 0.875. The fraction of sp³-hybridized carbons (Fsp3) is 0.562. The van der Waals surface area contributed by atoms with E-state index in [4.69, 9.17) is 9.90 Å². The summed E-state index contributed by atoms with van der Waals surface area (Å²) in [5.74, 6) is 0.607. The van der Waals surface area contributed by atoms with Gasteiger partial charge in [0.15, 0.2) is 0 Å². The maximum atomic E-state index is 13.6. The Hall–Kier alpha value is -1.42. The highest BCUT2D eigenvalue weighted by atomic mass is 19.1. The van der Waals surface area contributed by atoms with Crippen LogP contribution in [0.3, 0.4) is 0 Å². The first-order chi connectivity index (χ1) is 9.56. The number of rotatable bonds is 2. The van der Waals surface area contributed by atoms with Crippen LogP contribution in [0, 0.1) is 17.7 Å². The normalized spacial score (nSPS) is 27.6. The third-order valence-electron chi connectivity index (χ3n) is 4.20. The van der Waals surface area contributed by atoms with Gasteiger partial charge in [-0.15, -0.1) is 0 Å². The lowest BCUT2D eigenvalue weighted by Gasteiger charge is -2.43. The third-order valence-corrected chi connectivity index (χ3v) is 4.20. The Bertz CT molecular complexity index is 452. The number of carboxylic acids is 1. The van der Waals surface area contributed by atoms with Gasteiger partial charge in [-0.3, -0.25) is 4.79 Å². The van der Waals surface area contributed by atoms with E-state index < -0.39 is 5.97 Å². The first-order valence-electron chi connectivity index (χ1n) is 7.22. The van der Waals surface area contributed by atoms with Crippen molar-refractivity contribution >= 4 is 5.97 Å². The Morgan fingerprint density at radius 3 is 2.60 bits per heavy atom. The molecule has 1 aromatic carbocycles. The summed E-state index contributed by atoms with van der Waals surface area (Å²) in [6.45, 7) is 2.26. The summed E-state index contributed by atoms with van der Waals surface area (Å²) in [4.78, 5) is 9.00. The highest BCUT2D eigenvalue weighted by Crippen LogP contribution is 2.35. The summed E-state index contributed by atoms with van der Waals surface area (Å²) in [6, 6.07) is 7.84. The third kappa shape index (κ3) is 4.04. The van der Waals surface area contributed by atoms with Crippen LogP contribution in [0.25, 0.3) is 0 Å². The van der Waals surface area contributed by atoms with Gasteiger partial charge in [0.2, 0.25) is 0 Å². The predicted octanol–water partition coefficient (Wildman–Crippen LogP) is 2.85. The number of fused-ring (bicyclic) bond motifs is 3. The Balaban J connectivity index is 0.000000328. The van der Waals surface area contributed by atoms with E-state index in [9.17, 15) is 4.39 Å². The molecule has 3 unspecified atom stereocenters. The average molecular weight is 279 g/mol. The van der Waals surface area contributed by atoms with Crippen molar-refractivity contribution in [3.05, 3.63) is 35.6 Å². The van der Waals surface area contributed by atoms with Crippen LogP contribution in [-0.4, -0.2) is 23.7 Å². The summed E-state index contributed by atoms with van der Waals surface area (Å²) in [7, 11) is 0. The van der Waals surface area contributed by atoms with E-state index >= 15 is 0 Å². The van der Waals surface area contributed by atoms with Gasteiger partial charge in [-0.25, -0.2) is 4.39 Å². The van der Waals surface area contributed by atoms with E-state index in [1.54, 1.807) is 12.1 Å². The lowest BCUT2D eigenvalue weighted by molar-refractivity contribution is -0.134. The van der Waals surface area contributed by atoms with E-state index in [0.717, 1.165) is 24.8 Å². The van der Waals surface area contributed by atoms with Gasteiger partial charge in [0.05, 0.1) is 0 Å². The number of benzene rings is 1. The zero-order chi connectivity index (χ0) is 14.5. The number of nitrogens with one attached hydrogen (secondary N) is 1. The van der Waals surface area contributed by atoms with Gasteiger partial charge in [0, 0.05) is 13.0 Å². The van der Waals surface area contributed by atoms with Crippen LogP contribution in [0.2, 0.25) is 0 Å². The minimum absolute atomic E-state index is 0.0380. The highest BCUT2D eigenvalue weighted by molar-refractivity contribution is 5.62. The largest absolute Gasteiger partial charge is 0.481 e. The lowest BCUT2D eigenvalue weighted by atomic mass is 9.72. The number of halogens is 1. The Kier molecular flexibility index (Phi) is 5.12. The number of hydrogen-bond acceptors (Lipinski definition) is 2. The van der Waals surface area contributed by atoms with Crippen molar-refractivity contribution in [3.63, 3.8) is 0 Å². The molecule has 3 fully saturated rings. The Morgan fingerprint density at radius 2 is 2.10 bits per heavy atom. The van der Waals surface area contributed by atoms with Crippen LogP contribution in [0.5, 0.6) is 0 Å². The molecule has 2 N–H and O–H groups in total. The minimum atomic E-state index is -0.833. The van der Waals surface area contributed by atoms with Crippen molar-refractivity contribution in [1.82, 2.24) is 5.32 Å². The summed E-state index contributed by atoms with van der Waals surface area (Å²) in [6.07, 6.45) is 4.84. The molecule has 1 saturated carbocycles. The molecular formula is C16H22FNO2. The molecule has 2 aliphatic heterocycles. The maximum absolute atomic E-state index is 13.6. The van der Waals surface area contributed by atoms with Gasteiger partial charge in [-0.1, -0.05) is 18.2 Å².